The molecule has 0 bridgehead atoms. The summed E-state index contributed by atoms with van der Waals surface area (Å²) in [5.41, 5.74) is 3.29. The summed E-state index contributed by atoms with van der Waals surface area (Å²) in [5, 5.41) is 12.7. The molecule has 2 aromatic carbocycles. The highest BCUT2D eigenvalue weighted by Gasteiger charge is 2.28. The van der Waals surface area contributed by atoms with Crippen LogP contribution in [-0.2, 0) is 11.3 Å². The molecule has 1 atom stereocenters. The monoisotopic (exact) mass is 518 g/mol. The number of thioether (sulfide) groups is 1. The van der Waals surface area contributed by atoms with Gasteiger partial charge in [-0.25, -0.2) is 14.2 Å². The number of methoxy groups -OCH3 is 1. The Balaban J connectivity index is 1.12. The van der Waals surface area contributed by atoms with Crippen molar-refractivity contribution in [2.75, 3.05) is 32.1 Å². The molecule has 190 valence electrons. The lowest BCUT2D eigenvalue weighted by Gasteiger charge is -2.33. The second-order valence-corrected chi connectivity index (χ2v) is 10.4. The molecular formula is C28H27FN4O3S. The van der Waals surface area contributed by atoms with Crippen LogP contribution in [0.2, 0.25) is 0 Å². The van der Waals surface area contributed by atoms with E-state index in [1.165, 1.54) is 13.2 Å². The van der Waals surface area contributed by atoms with E-state index in [4.69, 9.17) is 14.7 Å². The van der Waals surface area contributed by atoms with Crippen LogP contribution < -0.4 is 10.1 Å². The van der Waals surface area contributed by atoms with Crippen LogP contribution in [-0.4, -0.2) is 48.0 Å². The van der Waals surface area contributed by atoms with Crippen molar-refractivity contribution >= 4 is 23.4 Å². The number of hydrogen-bond acceptors (Lipinski definition) is 8. The number of esters is 1. The van der Waals surface area contributed by atoms with Crippen molar-refractivity contribution in [1.82, 2.24) is 9.88 Å². The molecule has 2 aliphatic rings. The van der Waals surface area contributed by atoms with E-state index in [0.717, 1.165) is 48.8 Å². The van der Waals surface area contributed by atoms with Gasteiger partial charge in [0.2, 0.25) is 5.88 Å². The molecule has 37 heavy (non-hydrogen) atoms. The van der Waals surface area contributed by atoms with Gasteiger partial charge in [-0.15, -0.1) is 0 Å². The van der Waals surface area contributed by atoms with Crippen molar-refractivity contribution in [3.63, 3.8) is 0 Å². The van der Waals surface area contributed by atoms with Gasteiger partial charge in [-0.1, -0.05) is 23.9 Å². The van der Waals surface area contributed by atoms with Crippen LogP contribution in [0.25, 0.3) is 0 Å². The van der Waals surface area contributed by atoms with Gasteiger partial charge in [-0.2, -0.15) is 5.26 Å². The molecular weight excluding hydrogens is 491 g/mol. The molecule has 1 unspecified atom stereocenters. The molecule has 0 spiro atoms. The van der Waals surface area contributed by atoms with Crippen molar-refractivity contribution in [3.8, 4) is 11.9 Å². The summed E-state index contributed by atoms with van der Waals surface area (Å²) < 4.78 is 24.7. The Morgan fingerprint density at radius 1 is 1.22 bits per heavy atom. The number of nitrogens with zero attached hydrogens (tertiary/aromatic N) is 3. The van der Waals surface area contributed by atoms with Crippen molar-refractivity contribution in [1.29, 1.82) is 5.26 Å². The average molecular weight is 519 g/mol. The van der Waals surface area contributed by atoms with Gasteiger partial charge in [-0.05, 0) is 62.3 Å². The molecule has 1 N–H and O–H groups in total. The maximum Gasteiger partial charge on any atom is 0.337 e. The molecule has 7 nitrogen and oxygen atoms in total. The number of fused-ring (bicyclic) bond motifs is 1. The molecule has 0 amide bonds. The lowest BCUT2D eigenvalue weighted by atomic mass is 9.93. The topological polar surface area (TPSA) is 87.5 Å². The first-order valence-electron chi connectivity index (χ1n) is 12.2. The largest absolute Gasteiger partial charge is 0.473 e. The Bertz CT molecular complexity index is 1340. The number of halogens is 1. The minimum atomic E-state index is -0.454. The number of benzene rings is 2. The fraction of sp³-hybridized carbons (Fsp3) is 0.321. The van der Waals surface area contributed by atoms with Gasteiger partial charge < -0.3 is 19.7 Å². The van der Waals surface area contributed by atoms with E-state index >= 15 is 0 Å². The first-order chi connectivity index (χ1) is 18.0. The third-order valence-corrected chi connectivity index (χ3v) is 7.86. The minimum absolute atomic E-state index is 0.0575. The fourth-order valence-electron chi connectivity index (χ4n) is 4.69. The van der Waals surface area contributed by atoms with Crippen LogP contribution in [0.15, 0.2) is 59.5 Å². The van der Waals surface area contributed by atoms with Gasteiger partial charge in [0.1, 0.15) is 12.4 Å². The van der Waals surface area contributed by atoms with E-state index < -0.39 is 5.82 Å². The van der Waals surface area contributed by atoms with Crippen LogP contribution in [0.4, 0.5) is 10.1 Å². The van der Waals surface area contributed by atoms with E-state index in [-0.39, 0.29) is 23.5 Å². The molecule has 0 aliphatic carbocycles. The number of rotatable bonds is 7. The van der Waals surface area contributed by atoms with Gasteiger partial charge >= 0.3 is 5.97 Å². The number of nitrogens with one attached hydrogen (secondary N) is 1. The maximum atomic E-state index is 14.2. The molecule has 1 aromatic heterocycles. The predicted molar refractivity (Wildman–Crippen MR) is 139 cm³/mol. The summed E-state index contributed by atoms with van der Waals surface area (Å²) in [7, 11) is 1.39. The Morgan fingerprint density at radius 3 is 2.81 bits per heavy atom. The maximum absolute atomic E-state index is 14.2. The van der Waals surface area contributed by atoms with E-state index in [9.17, 15) is 9.18 Å². The van der Waals surface area contributed by atoms with Gasteiger partial charge in [0, 0.05) is 40.4 Å². The Kier molecular flexibility index (Phi) is 7.58. The number of nitriles is 1. The third kappa shape index (κ3) is 5.87. The minimum Gasteiger partial charge on any atom is -0.473 e. The summed E-state index contributed by atoms with van der Waals surface area (Å²) in [4.78, 5) is 20.0. The zero-order valence-corrected chi connectivity index (χ0v) is 21.3. The normalized spacial score (nSPS) is 17.5. The van der Waals surface area contributed by atoms with Crippen LogP contribution >= 0.6 is 11.8 Å². The summed E-state index contributed by atoms with van der Waals surface area (Å²) in [5.74, 6) is 0.0395. The number of likely N-dealkylation sites (tertiary alicyclic amines) is 1. The number of carbonyl (C=O) groups excluding carboxylic acids is 1. The number of pyridine rings is 1. The lowest BCUT2D eigenvalue weighted by molar-refractivity contribution is 0.0600. The van der Waals surface area contributed by atoms with E-state index in [0.29, 0.717) is 22.9 Å². The first-order valence-corrected chi connectivity index (χ1v) is 13.1. The van der Waals surface area contributed by atoms with Gasteiger partial charge in [0.15, 0.2) is 0 Å². The predicted octanol–water partition coefficient (Wildman–Crippen LogP) is 5.18. The van der Waals surface area contributed by atoms with Crippen molar-refractivity contribution in [2.45, 2.75) is 35.6 Å². The summed E-state index contributed by atoms with van der Waals surface area (Å²) in [6.07, 6.45) is 2.00. The molecule has 0 radical (unpaired) electrons. The highest BCUT2D eigenvalue weighted by Crippen LogP contribution is 2.40. The molecule has 3 aromatic rings. The standard InChI is InChI=1S/C28H27FN4O3S/c1-35-28(34)20-7-8-24-25(14-20)37-27(32-24)16-33-11-9-19(10-12-33)23-3-2-4-26(31-23)36-17-21-6-5-18(15-30)13-22(21)29/h2-8,13-14,19,27,32H,9-12,16-17H2,1H3. The van der Waals surface area contributed by atoms with Gasteiger partial charge in [0.25, 0.3) is 0 Å². The van der Waals surface area contributed by atoms with Crippen molar-refractivity contribution in [3.05, 3.63) is 82.8 Å². The Morgan fingerprint density at radius 2 is 2.05 bits per heavy atom. The Labute approximate surface area is 219 Å². The molecule has 9 heteroatoms. The van der Waals surface area contributed by atoms with Crippen LogP contribution in [0.5, 0.6) is 5.88 Å². The summed E-state index contributed by atoms with van der Waals surface area (Å²) in [6, 6.07) is 17.7. The molecule has 0 saturated carbocycles. The average Bonchev–Trinajstić information content (AvgIpc) is 3.34. The third-order valence-electron chi connectivity index (χ3n) is 6.72. The number of anilines is 1. The highest BCUT2D eigenvalue weighted by atomic mass is 32.2. The lowest BCUT2D eigenvalue weighted by Crippen LogP contribution is -2.39. The van der Waals surface area contributed by atoms with E-state index in [2.05, 4.69) is 15.2 Å². The smallest absolute Gasteiger partial charge is 0.337 e. The van der Waals surface area contributed by atoms with E-state index in [1.54, 1.807) is 36.0 Å². The van der Waals surface area contributed by atoms with Gasteiger partial charge in [0.05, 0.1) is 29.7 Å². The molecule has 1 fully saturated rings. The van der Waals surface area contributed by atoms with Gasteiger partial charge in [-0.3, -0.25) is 0 Å². The second-order valence-electron chi connectivity index (χ2n) is 9.14. The number of ether oxygens (including phenoxy) is 2. The molecule has 1 saturated heterocycles. The second kappa shape index (κ2) is 11.2. The number of carbonyl (C=O) groups is 1. The van der Waals surface area contributed by atoms with Crippen LogP contribution in [0.3, 0.4) is 0 Å². The first kappa shape index (κ1) is 25.1. The zero-order valence-electron chi connectivity index (χ0n) is 20.4. The van der Waals surface area contributed by atoms with E-state index in [1.807, 2.05) is 30.3 Å². The molecule has 2 aliphatic heterocycles. The number of hydrogen-bond donors (Lipinski definition) is 1. The number of piperidine rings is 1. The number of aromatic nitrogens is 1. The molecule has 5 rings (SSSR count). The van der Waals surface area contributed by atoms with Crippen LogP contribution in [0, 0.1) is 17.1 Å². The Hall–Kier alpha value is -3.61. The zero-order chi connectivity index (χ0) is 25.8. The molecule has 3 heterocycles. The summed E-state index contributed by atoms with van der Waals surface area (Å²) in [6.45, 7) is 2.90. The summed E-state index contributed by atoms with van der Waals surface area (Å²) >= 11 is 1.75. The quantitative estimate of drug-likeness (QED) is 0.428. The van der Waals surface area contributed by atoms with Crippen molar-refractivity contribution < 1.29 is 18.7 Å². The highest BCUT2D eigenvalue weighted by molar-refractivity contribution is 8.00. The SMILES string of the molecule is COC(=O)c1ccc2c(c1)SC(CN1CCC(c3cccc(OCc4ccc(C#N)cc4F)n3)CC1)N2. The van der Waals surface area contributed by atoms with Crippen LogP contribution in [0.1, 0.15) is 45.9 Å². The van der Waals surface area contributed by atoms with Crippen molar-refractivity contribution in [2.24, 2.45) is 0 Å². The fourth-order valence-corrected chi connectivity index (χ4v) is 5.92.